The fourth-order valence-electron chi connectivity index (χ4n) is 4.42. The number of aromatic nitrogens is 4. The van der Waals surface area contributed by atoms with E-state index in [0.717, 1.165) is 25.9 Å². The first-order valence-corrected chi connectivity index (χ1v) is 12.8. The highest BCUT2D eigenvalue weighted by molar-refractivity contribution is 5.96. The molecule has 5 heterocycles. The number of carbonyl (C=O) groups excluding carboxylic acids is 1. The highest BCUT2D eigenvalue weighted by Crippen LogP contribution is 2.26. The van der Waals surface area contributed by atoms with Gasteiger partial charge in [0.1, 0.15) is 23.6 Å². The number of nitrogens with zero attached hydrogens (tertiary/aromatic N) is 7. The number of amides is 1. The predicted octanol–water partition coefficient (Wildman–Crippen LogP) is 2.50. The van der Waals surface area contributed by atoms with Crippen LogP contribution in [0.4, 0.5) is 11.8 Å². The number of hydrogen-bond donors (Lipinski definition) is 1. The molecule has 2 aliphatic rings. The normalized spacial score (nSPS) is 16.4. The zero-order valence-corrected chi connectivity index (χ0v) is 22.0. The molecule has 2 fully saturated rings. The summed E-state index contributed by atoms with van der Waals surface area (Å²) < 4.78 is 16.8. The topological polar surface area (TPSA) is 139 Å². The van der Waals surface area contributed by atoms with Gasteiger partial charge in [-0.25, -0.2) is 15.0 Å². The number of likely N-dealkylation sites (N-methyl/N-ethyl adjacent to an activating group) is 1. The van der Waals surface area contributed by atoms with Crippen molar-refractivity contribution in [1.29, 1.82) is 5.26 Å². The van der Waals surface area contributed by atoms with Crippen molar-refractivity contribution in [1.82, 2.24) is 29.7 Å². The molecule has 2 aliphatic heterocycles. The molecule has 0 saturated carbocycles. The Morgan fingerprint density at radius 3 is 2.56 bits per heavy atom. The zero-order valence-electron chi connectivity index (χ0n) is 22.0. The van der Waals surface area contributed by atoms with Crippen LogP contribution in [0.5, 0.6) is 11.6 Å². The van der Waals surface area contributed by atoms with Crippen LogP contribution in [0.2, 0.25) is 0 Å². The van der Waals surface area contributed by atoms with Gasteiger partial charge in [0.15, 0.2) is 11.4 Å². The minimum absolute atomic E-state index is 0.00100. The molecular formula is C27H30N8O4. The smallest absolute Gasteiger partial charge is 0.259 e. The second-order valence-electron chi connectivity index (χ2n) is 9.32. The Balaban J connectivity index is 1.31. The van der Waals surface area contributed by atoms with Crippen LogP contribution in [0, 0.1) is 11.3 Å². The maximum Gasteiger partial charge on any atom is 0.259 e. The molecule has 0 aliphatic carbocycles. The molecule has 1 amide bonds. The molecule has 0 radical (unpaired) electrons. The van der Waals surface area contributed by atoms with Crippen molar-refractivity contribution >= 4 is 17.7 Å². The number of nitrogens with one attached hydrogen (secondary N) is 1. The summed E-state index contributed by atoms with van der Waals surface area (Å²) in [5.41, 5.74) is 1.63. The summed E-state index contributed by atoms with van der Waals surface area (Å²) >= 11 is 0. The second-order valence-corrected chi connectivity index (χ2v) is 9.32. The first kappa shape index (κ1) is 26.3. The van der Waals surface area contributed by atoms with Gasteiger partial charge in [-0.1, -0.05) is 0 Å². The first-order valence-electron chi connectivity index (χ1n) is 12.8. The number of carbonyl (C=O) groups is 1. The van der Waals surface area contributed by atoms with Gasteiger partial charge in [0.05, 0.1) is 31.7 Å². The lowest BCUT2D eigenvalue weighted by atomic mass is 10.1. The number of pyridine rings is 2. The average Bonchev–Trinajstić information content (AvgIpc) is 2.98. The van der Waals surface area contributed by atoms with Crippen LogP contribution in [0.1, 0.15) is 28.9 Å². The van der Waals surface area contributed by atoms with E-state index in [1.807, 2.05) is 11.9 Å². The molecule has 0 atom stereocenters. The van der Waals surface area contributed by atoms with E-state index in [0.29, 0.717) is 54.8 Å². The summed E-state index contributed by atoms with van der Waals surface area (Å²) in [5, 5.41) is 12.7. The molecular weight excluding hydrogens is 500 g/mol. The molecule has 3 aromatic heterocycles. The van der Waals surface area contributed by atoms with Gasteiger partial charge in [-0.2, -0.15) is 10.2 Å². The quantitative estimate of drug-likeness (QED) is 0.482. The Bertz CT molecular complexity index is 1360. The maximum absolute atomic E-state index is 13.0. The third kappa shape index (κ3) is 6.22. The van der Waals surface area contributed by atoms with E-state index < -0.39 is 0 Å². The standard InChI is InChI=1S/C27H30N8O4/c1-34-11-13-35(14-12-34)26(36)19-3-6-24(32-25(19)37-2)33-27-29-10-7-21(31-27)20-4-5-23(22(17-28)30-20)39-18-8-15-38-16-9-18/h3-7,10,18H,8-9,11-16H2,1-2H3,(H,29,31,32,33). The molecule has 3 aromatic rings. The van der Waals surface area contributed by atoms with Crippen LogP contribution >= 0.6 is 0 Å². The van der Waals surface area contributed by atoms with E-state index in [-0.39, 0.29) is 29.5 Å². The molecule has 0 unspecified atom stereocenters. The van der Waals surface area contributed by atoms with E-state index >= 15 is 0 Å². The van der Waals surface area contributed by atoms with Gasteiger partial charge >= 0.3 is 0 Å². The van der Waals surface area contributed by atoms with E-state index in [1.165, 1.54) is 7.11 Å². The summed E-state index contributed by atoms with van der Waals surface area (Å²) in [6.45, 7) is 4.25. The Morgan fingerprint density at radius 1 is 1.05 bits per heavy atom. The second kappa shape index (κ2) is 12.0. The third-order valence-corrected chi connectivity index (χ3v) is 6.66. The number of rotatable bonds is 7. The van der Waals surface area contributed by atoms with E-state index in [2.05, 4.69) is 36.2 Å². The zero-order chi connectivity index (χ0) is 27.2. The number of hydrogen-bond acceptors (Lipinski definition) is 11. The fourth-order valence-corrected chi connectivity index (χ4v) is 4.42. The minimum Gasteiger partial charge on any atom is -0.487 e. The molecule has 0 bridgehead atoms. The Labute approximate surface area is 226 Å². The SMILES string of the molecule is COc1nc(Nc2nccc(-c3ccc(OC4CCOCC4)c(C#N)n3)n2)ccc1C(=O)N1CCN(C)CC1. The average molecular weight is 531 g/mol. The predicted molar refractivity (Wildman–Crippen MR) is 142 cm³/mol. The summed E-state index contributed by atoms with van der Waals surface area (Å²) in [7, 11) is 3.52. The van der Waals surface area contributed by atoms with Crippen LogP contribution in [0.3, 0.4) is 0 Å². The van der Waals surface area contributed by atoms with E-state index in [1.54, 1.807) is 36.5 Å². The van der Waals surface area contributed by atoms with Crippen molar-refractivity contribution in [3.63, 3.8) is 0 Å². The number of piperazine rings is 1. The number of methoxy groups -OCH3 is 1. The van der Waals surface area contributed by atoms with Gasteiger partial charge in [-0.3, -0.25) is 4.79 Å². The highest BCUT2D eigenvalue weighted by Gasteiger charge is 2.24. The van der Waals surface area contributed by atoms with E-state index in [4.69, 9.17) is 14.2 Å². The van der Waals surface area contributed by atoms with Crippen LogP contribution in [0.25, 0.3) is 11.4 Å². The summed E-state index contributed by atoms with van der Waals surface area (Å²) in [6, 6.07) is 10.7. The van der Waals surface area contributed by atoms with Crippen LogP contribution in [0.15, 0.2) is 36.5 Å². The first-order chi connectivity index (χ1) is 19.0. The summed E-state index contributed by atoms with van der Waals surface area (Å²) in [5.74, 6) is 1.26. The lowest BCUT2D eigenvalue weighted by Gasteiger charge is -2.32. The van der Waals surface area contributed by atoms with Crippen LogP contribution in [-0.2, 0) is 4.74 Å². The number of nitriles is 1. The fraction of sp³-hybridized carbons (Fsp3) is 0.407. The molecule has 0 spiro atoms. The van der Waals surface area contributed by atoms with Crippen LogP contribution < -0.4 is 14.8 Å². The lowest BCUT2D eigenvalue weighted by molar-refractivity contribution is 0.0253. The Morgan fingerprint density at radius 2 is 1.82 bits per heavy atom. The van der Waals surface area contributed by atoms with Gasteiger partial charge in [0, 0.05) is 45.2 Å². The van der Waals surface area contributed by atoms with Crippen molar-refractivity contribution in [2.45, 2.75) is 18.9 Å². The lowest BCUT2D eigenvalue weighted by Crippen LogP contribution is -2.47. The van der Waals surface area contributed by atoms with Gasteiger partial charge < -0.3 is 29.3 Å². The highest BCUT2D eigenvalue weighted by atomic mass is 16.5. The molecule has 0 aromatic carbocycles. The Hall–Kier alpha value is -4.34. The van der Waals surface area contributed by atoms with Crippen molar-refractivity contribution < 1.29 is 19.0 Å². The third-order valence-electron chi connectivity index (χ3n) is 6.66. The van der Waals surface area contributed by atoms with Gasteiger partial charge in [-0.05, 0) is 37.4 Å². The molecule has 5 rings (SSSR count). The van der Waals surface area contributed by atoms with Gasteiger partial charge in [-0.15, -0.1) is 0 Å². The van der Waals surface area contributed by atoms with Crippen molar-refractivity contribution in [3.05, 3.63) is 47.8 Å². The molecule has 12 nitrogen and oxygen atoms in total. The molecule has 1 N–H and O–H groups in total. The van der Waals surface area contributed by atoms with Crippen molar-refractivity contribution in [3.8, 4) is 29.1 Å². The molecule has 2 saturated heterocycles. The van der Waals surface area contributed by atoms with Crippen LogP contribution in [-0.4, -0.2) is 95.3 Å². The largest absolute Gasteiger partial charge is 0.487 e. The van der Waals surface area contributed by atoms with Crippen molar-refractivity contribution in [2.75, 3.05) is 58.9 Å². The van der Waals surface area contributed by atoms with Gasteiger partial charge in [0.2, 0.25) is 11.8 Å². The maximum atomic E-state index is 13.0. The molecule has 12 heteroatoms. The molecule has 202 valence electrons. The number of anilines is 2. The summed E-state index contributed by atoms with van der Waals surface area (Å²) in [6.07, 6.45) is 3.14. The summed E-state index contributed by atoms with van der Waals surface area (Å²) in [4.78, 5) is 34.8. The van der Waals surface area contributed by atoms with E-state index in [9.17, 15) is 10.1 Å². The minimum atomic E-state index is -0.110. The number of ether oxygens (including phenoxy) is 3. The van der Waals surface area contributed by atoms with Gasteiger partial charge in [0.25, 0.3) is 5.91 Å². The van der Waals surface area contributed by atoms with Crippen molar-refractivity contribution in [2.24, 2.45) is 0 Å². The Kier molecular flexibility index (Phi) is 8.10. The molecule has 39 heavy (non-hydrogen) atoms. The monoisotopic (exact) mass is 530 g/mol.